The fraction of sp³-hybridized carbons (Fsp3) is 0.130. The van der Waals surface area contributed by atoms with Gasteiger partial charge in [-0.25, -0.2) is 4.98 Å². The van der Waals surface area contributed by atoms with Gasteiger partial charge in [-0.1, -0.05) is 66.5 Å². The first-order valence-electron chi connectivity index (χ1n) is 9.30. The number of rotatable bonds is 5. The molecule has 0 aliphatic rings. The van der Waals surface area contributed by atoms with E-state index in [4.69, 9.17) is 23.2 Å². The van der Waals surface area contributed by atoms with Crippen LogP contribution in [0.2, 0.25) is 10.0 Å². The summed E-state index contributed by atoms with van der Waals surface area (Å²) >= 11 is 12.6. The zero-order valence-corrected chi connectivity index (χ0v) is 17.3. The second-order valence-corrected chi connectivity index (χ2v) is 7.75. The number of nitrogens with zero attached hydrogens (tertiary/aromatic N) is 1. The molecule has 0 saturated heterocycles. The average Bonchev–Trinajstić information content (AvgIpc) is 3.15. The first-order chi connectivity index (χ1) is 14.0. The number of imidazole rings is 1. The van der Waals surface area contributed by atoms with Crippen LogP contribution in [0.3, 0.4) is 0 Å². The highest BCUT2D eigenvalue weighted by Crippen LogP contribution is 2.33. The lowest BCUT2D eigenvalue weighted by atomic mass is 10.0. The summed E-state index contributed by atoms with van der Waals surface area (Å²) in [5, 5.41) is 4.04. The lowest BCUT2D eigenvalue weighted by Crippen LogP contribution is -2.27. The summed E-state index contributed by atoms with van der Waals surface area (Å²) in [6.45, 7) is 2.65. The zero-order chi connectivity index (χ0) is 20.4. The molecule has 29 heavy (non-hydrogen) atoms. The third-order valence-corrected chi connectivity index (χ3v) is 5.51. The molecule has 0 fully saturated rings. The van der Waals surface area contributed by atoms with Crippen molar-refractivity contribution < 1.29 is 4.79 Å². The Labute approximate surface area is 178 Å². The molecule has 2 N–H and O–H groups in total. The Morgan fingerprint density at radius 3 is 2.48 bits per heavy atom. The minimum absolute atomic E-state index is 0.124. The van der Waals surface area contributed by atoms with Gasteiger partial charge in [0.2, 0.25) is 0 Å². The number of H-pyrrole nitrogens is 1. The summed E-state index contributed by atoms with van der Waals surface area (Å²) < 4.78 is 0. The Morgan fingerprint density at radius 2 is 1.76 bits per heavy atom. The molecule has 3 aromatic carbocycles. The van der Waals surface area contributed by atoms with Crippen LogP contribution in [0.4, 0.5) is 0 Å². The highest BCUT2D eigenvalue weighted by atomic mass is 35.5. The molecule has 0 spiro atoms. The molecule has 146 valence electrons. The first kappa shape index (κ1) is 19.5. The van der Waals surface area contributed by atoms with Crippen LogP contribution < -0.4 is 5.32 Å². The van der Waals surface area contributed by atoms with E-state index < -0.39 is 0 Å². The molecule has 1 heterocycles. The van der Waals surface area contributed by atoms with E-state index in [-0.39, 0.29) is 11.8 Å². The predicted octanol–water partition coefficient (Wildman–Crippen LogP) is 6.07. The van der Waals surface area contributed by atoms with Crippen LogP contribution in [0.15, 0.2) is 66.7 Å². The normalized spacial score (nSPS) is 12.1. The monoisotopic (exact) mass is 423 g/mol. The van der Waals surface area contributed by atoms with E-state index in [1.165, 1.54) is 5.56 Å². The topological polar surface area (TPSA) is 57.8 Å². The molecule has 4 aromatic rings. The van der Waals surface area contributed by atoms with Gasteiger partial charge in [-0.05, 0) is 41.8 Å². The largest absolute Gasteiger partial charge is 0.351 e. The first-order valence-corrected chi connectivity index (χ1v) is 10.1. The van der Waals surface area contributed by atoms with Gasteiger partial charge < -0.3 is 10.3 Å². The lowest BCUT2D eigenvalue weighted by molar-refractivity contribution is 0.0952. The molecule has 1 amide bonds. The van der Waals surface area contributed by atoms with Crippen LogP contribution in [0, 0.1) is 0 Å². The van der Waals surface area contributed by atoms with Crippen molar-refractivity contribution in [3.8, 4) is 11.4 Å². The number of carbonyl (C=O) groups is 1. The molecule has 0 radical (unpaired) electrons. The van der Waals surface area contributed by atoms with Crippen LogP contribution in [0.25, 0.3) is 22.4 Å². The number of fused-ring (bicyclic) bond motifs is 1. The van der Waals surface area contributed by atoms with Gasteiger partial charge in [-0.15, -0.1) is 0 Å². The second-order valence-electron chi connectivity index (χ2n) is 6.94. The highest BCUT2D eigenvalue weighted by molar-refractivity contribution is 6.39. The maximum absolute atomic E-state index is 12.6. The summed E-state index contributed by atoms with van der Waals surface area (Å²) in [6, 6.07) is 20.8. The number of aromatic nitrogens is 2. The number of carbonyl (C=O) groups excluding carboxylic acids is 1. The Hall–Kier alpha value is -2.82. The number of nitrogens with one attached hydrogen (secondary N) is 2. The van der Waals surface area contributed by atoms with Crippen LogP contribution in [-0.4, -0.2) is 22.4 Å². The van der Waals surface area contributed by atoms with Crippen LogP contribution in [0.5, 0.6) is 0 Å². The molecule has 0 saturated carbocycles. The van der Waals surface area contributed by atoms with Crippen molar-refractivity contribution >= 4 is 40.1 Å². The third-order valence-electron chi connectivity index (χ3n) is 4.88. The fourth-order valence-corrected chi connectivity index (χ4v) is 3.82. The SMILES string of the molecule is C[C@@H](CNC(=O)c1ccc2nc(-c3c(Cl)cccc3Cl)[nH]c2c1)c1ccccc1. The van der Waals surface area contributed by atoms with Gasteiger partial charge in [0.05, 0.1) is 26.6 Å². The molecule has 0 unspecified atom stereocenters. The molecule has 4 rings (SSSR count). The number of hydrogen-bond acceptors (Lipinski definition) is 2. The van der Waals surface area contributed by atoms with Gasteiger partial charge in [0, 0.05) is 12.1 Å². The Kier molecular flexibility index (Phi) is 5.56. The number of amides is 1. The van der Waals surface area contributed by atoms with E-state index in [9.17, 15) is 4.79 Å². The molecule has 4 nitrogen and oxygen atoms in total. The second kappa shape index (κ2) is 8.27. The number of benzene rings is 3. The van der Waals surface area contributed by atoms with E-state index in [0.29, 0.717) is 33.5 Å². The predicted molar refractivity (Wildman–Crippen MR) is 119 cm³/mol. The molecule has 0 bridgehead atoms. The summed E-state index contributed by atoms with van der Waals surface area (Å²) in [5.41, 5.74) is 3.90. The molecule has 0 aliphatic carbocycles. The van der Waals surface area contributed by atoms with Crippen molar-refractivity contribution in [3.05, 3.63) is 87.9 Å². The van der Waals surface area contributed by atoms with Gasteiger partial charge in [0.25, 0.3) is 5.91 Å². The van der Waals surface area contributed by atoms with Crippen molar-refractivity contribution in [1.82, 2.24) is 15.3 Å². The highest BCUT2D eigenvalue weighted by Gasteiger charge is 2.15. The van der Waals surface area contributed by atoms with Gasteiger partial charge in [-0.2, -0.15) is 0 Å². The maximum Gasteiger partial charge on any atom is 0.251 e. The molecule has 1 aromatic heterocycles. The fourth-order valence-electron chi connectivity index (χ4n) is 3.24. The van der Waals surface area contributed by atoms with Crippen molar-refractivity contribution in [2.45, 2.75) is 12.8 Å². The van der Waals surface area contributed by atoms with Crippen molar-refractivity contribution in [1.29, 1.82) is 0 Å². The molecular formula is C23H19Cl2N3O. The number of halogens is 2. The summed E-state index contributed by atoms with van der Waals surface area (Å²) in [7, 11) is 0. The zero-order valence-electron chi connectivity index (χ0n) is 15.7. The minimum Gasteiger partial charge on any atom is -0.351 e. The quantitative estimate of drug-likeness (QED) is 0.409. The van der Waals surface area contributed by atoms with Crippen LogP contribution >= 0.6 is 23.2 Å². The number of aromatic amines is 1. The molecular weight excluding hydrogens is 405 g/mol. The average molecular weight is 424 g/mol. The molecule has 6 heteroatoms. The van der Waals surface area contributed by atoms with Crippen LogP contribution in [0.1, 0.15) is 28.8 Å². The summed E-state index contributed by atoms with van der Waals surface area (Å²) in [5.74, 6) is 0.678. The Bertz CT molecular complexity index is 1150. The Morgan fingerprint density at radius 1 is 1.03 bits per heavy atom. The van der Waals surface area contributed by atoms with E-state index in [1.807, 2.05) is 24.3 Å². The standard InChI is InChI=1S/C23H19Cl2N3O/c1-14(15-6-3-2-4-7-15)13-26-23(29)16-10-11-19-20(12-16)28-22(27-19)21-17(24)8-5-9-18(21)25/h2-12,14H,13H2,1H3,(H,26,29)(H,27,28)/t14-/m0/s1. The van der Waals surface area contributed by atoms with Gasteiger partial charge >= 0.3 is 0 Å². The molecule has 0 aliphatic heterocycles. The van der Waals surface area contributed by atoms with Crippen molar-refractivity contribution in [2.24, 2.45) is 0 Å². The van der Waals surface area contributed by atoms with Gasteiger partial charge in [0.15, 0.2) is 0 Å². The van der Waals surface area contributed by atoms with E-state index in [0.717, 1.165) is 11.0 Å². The van der Waals surface area contributed by atoms with Crippen molar-refractivity contribution in [2.75, 3.05) is 6.54 Å². The maximum atomic E-state index is 12.6. The summed E-state index contributed by atoms with van der Waals surface area (Å²) in [6.07, 6.45) is 0. The Balaban J connectivity index is 1.54. The van der Waals surface area contributed by atoms with E-state index in [2.05, 4.69) is 34.3 Å². The van der Waals surface area contributed by atoms with Gasteiger partial charge in [0.1, 0.15) is 5.82 Å². The smallest absolute Gasteiger partial charge is 0.251 e. The lowest BCUT2D eigenvalue weighted by Gasteiger charge is -2.13. The minimum atomic E-state index is -0.124. The van der Waals surface area contributed by atoms with E-state index >= 15 is 0 Å². The van der Waals surface area contributed by atoms with Crippen molar-refractivity contribution in [3.63, 3.8) is 0 Å². The number of hydrogen-bond donors (Lipinski definition) is 2. The van der Waals surface area contributed by atoms with Crippen LogP contribution in [-0.2, 0) is 0 Å². The molecule has 1 atom stereocenters. The van der Waals surface area contributed by atoms with Gasteiger partial charge in [-0.3, -0.25) is 4.79 Å². The summed E-state index contributed by atoms with van der Waals surface area (Å²) in [4.78, 5) is 20.4. The third kappa shape index (κ3) is 4.14. The van der Waals surface area contributed by atoms with E-state index in [1.54, 1.807) is 30.3 Å².